The van der Waals surface area contributed by atoms with E-state index in [9.17, 15) is 14.9 Å². The van der Waals surface area contributed by atoms with Crippen LogP contribution in [0, 0.1) is 17.0 Å². The number of hydrogen-bond acceptors (Lipinski definition) is 5. The zero-order valence-electron chi connectivity index (χ0n) is 15.6. The molecule has 1 N–H and O–H groups in total. The molecule has 1 aliphatic rings. The summed E-state index contributed by atoms with van der Waals surface area (Å²) in [6.45, 7) is 7.22. The summed E-state index contributed by atoms with van der Waals surface area (Å²) in [6.07, 6.45) is 0. The normalized spacial score (nSPS) is 14.1. The second-order valence-electron chi connectivity index (χ2n) is 6.77. The Morgan fingerprint density at radius 1 is 1.11 bits per heavy atom. The number of carbonyl (C=O) groups is 1. The molecule has 0 radical (unpaired) electrons. The Bertz CT molecular complexity index is 828. The van der Waals surface area contributed by atoms with E-state index in [2.05, 4.69) is 34.5 Å². The highest BCUT2D eigenvalue weighted by atomic mass is 16.6. The van der Waals surface area contributed by atoms with Gasteiger partial charge in [0.1, 0.15) is 0 Å². The number of nitro benzene ring substituents is 1. The lowest BCUT2D eigenvalue weighted by atomic mass is 10.1. The lowest BCUT2D eigenvalue weighted by Gasteiger charge is -2.35. The molecule has 1 fully saturated rings. The molecule has 27 heavy (non-hydrogen) atoms. The molecule has 0 unspecified atom stereocenters. The fraction of sp³-hybridized carbons (Fsp3) is 0.350. The molecule has 2 aromatic rings. The predicted molar refractivity (Wildman–Crippen MR) is 106 cm³/mol. The number of rotatable bonds is 5. The van der Waals surface area contributed by atoms with Gasteiger partial charge < -0.3 is 15.1 Å². The molecule has 1 aliphatic heterocycles. The molecule has 1 amide bonds. The third-order valence-electron chi connectivity index (χ3n) is 4.92. The van der Waals surface area contributed by atoms with E-state index in [-0.39, 0.29) is 16.5 Å². The van der Waals surface area contributed by atoms with Gasteiger partial charge in [-0.25, -0.2) is 0 Å². The minimum Gasteiger partial charge on any atom is -0.381 e. The number of hydrogen-bond donors (Lipinski definition) is 1. The Kier molecular flexibility index (Phi) is 5.59. The molecule has 3 rings (SSSR count). The van der Waals surface area contributed by atoms with Crippen molar-refractivity contribution in [1.29, 1.82) is 0 Å². The molecule has 142 valence electrons. The number of carbonyl (C=O) groups excluding carboxylic acids is 1. The first kappa shape index (κ1) is 18.7. The van der Waals surface area contributed by atoms with Crippen molar-refractivity contribution in [2.45, 2.75) is 20.4 Å². The molecule has 1 saturated heterocycles. The highest BCUT2D eigenvalue weighted by molar-refractivity contribution is 5.73. The SMILES string of the molecule is CC(=O)N1CCN(c2ccc(CNc3ccc([N+](=O)[O-])c(C)c3)cc2)CC1. The smallest absolute Gasteiger partial charge is 0.272 e. The first-order chi connectivity index (χ1) is 12.9. The van der Waals surface area contributed by atoms with Gasteiger partial charge in [-0.3, -0.25) is 14.9 Å². The number of piperazine rings is 1. The van der Waals surface area contributed by atoms with Crippen LogP contribution in [0.1, 0.15) is 18.1 Å². The van der Waals surface area contributed by atoms with E-state index in [0.29, 0.717) is 12.1 Å². The van der Waals surface area contributed by atoms with Crippen LogP contribution in [-0.2, 0) is 11.3 Å². The van der Waals surface area contributed by atoms with Crippen LogP contribution < -0.4 is 10.2 Å². The van der Waals surface area contributed by atoms with Gasteiger partial charge in [-0.05, 0) is 36.8 Å². The fourth-order valence-corrected chi connectivity index (χ4v) is 3.28. The average Bonchev–Trinajstić information content (AvgIpc) is 2.66. The van der Waals surface area contributed by atoms with E-state index < -0.39 is 0 Å². The van der Waals surface area contributed by atoms with Crippen LogP contribution in [-0.4, -0.2) is 41.9 Å². The zero-order valence-corrected chi connectivity index (χ0v) is 15.6. The summed E-state index contributed by atoms with van der Waals surface area (Å²) < 4.78 is 0. The number of anilines is 2. The Labute approximate surface area is 158 Å². The van der Waals surface area contributed by atoms with Gasteiger partial charge in [-0.2, -0.15) is 0 Å². The molecule has 2 aromatic carbocycles. The summed E-state index contributed by atoms with van der Waals surface area (Å²) in [4.78, 5) is 26.1. The van der Waals surface area contributed by atoms with Crippen LogP contribution in [0.15, 0.2) is 42.5 Å². The molecule has 0 aliphatic carbocycles. The van der Waals surface area contributed by atoms with Crippen molar-refractivity contribution < 1.29 is 9.72 Å². The van der Waals surface area contributed by atoms with Gasteiger partial charge in [0.2, 0.25) is 5.91 Å². The number of nitrogens with one attached hydrogen (secondary N) is 1. The van der Waals surface area contributed by atoms with Crippen LogP contribution >= 0.6 is 0 Å². The third kappa shape index (κ3) is 4.55. The third-order valence-corrected chi connectivity index (χ3v) is 4.92. The van der Waals surface area contributed by atoms with Crippen molar-refractivity contribution >= 4 is 23.0 Å². The summed E-state index contributed by atoms with van der Waals surface area (Å²) in [5.74, 6) is 0.137. The molecule has 0 bridgehead atoms. The second kappa shape index (κ2) is 8.07. The molecule has 0 saturated carbocycles. The lowest BCUT2D eigenvalue weighted by molar-refractivity contribution is -0.385. The summed E-state index contributed by atoms with van der Waals surface area (Å²) >= 11 is 0. The molecule has 0 aromatic heterocycles. The van der Waals surface area contributed by atoms with E-state index in [0.717, 1.165) is 43.1 Å². The van der Waals surface area contributed by atoms with E-state index >= 15 is 0 Å². The van der Waals surface area contributed by atoms with Crippen molar-refractivity contribution in [1.82, 2.24) is 4.90 Å². The Hall–Kier alpha value is -3.09. The maximum absolute atomic E-state index is 11.4. The summed E-state index contributed by atoms with van der Waals surface area (Å²) in [7, 11) is 0. The molecule has 1 heterocycles. The van der Waals surface area contributed by atoms with Crippen molar-refractivity contribution in [3.8, 4) is 0 Å². The fourth-order valence-electron chi connectivity index (χ4n) is 3.28. The number of nitrogens with zero attached hydrogens (tertiary/aromatic N) is 3. The maximum atomic E-state index is 11.4. The van der Waals surface area contributed by atoms with Crippen molar-refractivity contribution in [2.24, 2.45) is 0 Å². The highest BCUT2D eigenvalue weighted by Crippen LogP contribution is 2.22. The standard InChI is InChI=1S/C20H24N4O3/c1-15-13-18(5-8-20(15)24(26)27)21-14-17-3-6-19(7-4-17)23-11-9-22(10-12-23)16(2)25/h3-8,13,21H,9-12,14H2,1-2H3. The molecule has 0 spiro atoms. The monoisotopic (exact) mass is 368 g/mol. The van der Waals surface area contributed by atoms with Crippen molar-refractivity contribution in [3.63, 3.8) is 0 Å². The number of nitro groups is 1. The summed E-state index contributed by atoms with van der Waals surface area (Å²) in [5, 5.41) is 14.2. The van der Waals surface area contributed by atoms with E-state index in [1.54, 1.807) is 26.0 Å². The first-order valence-corrected chi connectivity index (χ1v) is 9.02. The molecule has 0 atom stereocenters. The summed E-state index contributed by atoms with van der Waals surface area (Å²) in [5.41, 5.74) is 3.94. The number of aryl methyl sites for hydroxylation is 1. The average molecular weight is 368 g/mol. The van der Waals surface area contributed by atoms with Gasteiger partial charge in [0.05, 0.1) is 4.92 Å². The second-order valence-corrected chi connectivity index (χ2v) is 6.77. The van der Waals surface area contributed by atoms with E-state index in [1.807, 2.05) is 4.90 Å². The minimum absolute atomic E-state index is 0.134. The quantitative estimate of drug-likeness (QED) is 0.648. The molecular formula is C20H24N4O3. The van der Waals surface area contributed by atoms with Gasteiger partial charge in [0.25, 0.3) is 5.69 Å². The van der Waals surface area contributed by atoms with Crippen molar-refractivity contribution in [2.75, 3.05) is 36.4 Å². The van der Waals surface area contributed by atoms with Gasteiger partial charge in [-0.1, -0.05) is 12.1 Å². The Balaban J connectivity index is 1.56. The topological polar surface area (TPSA) is 78.7 Å². The first-order valence-electron chi connectivity index (χ1n) is 9.02. The minimum atomic E-state index is -0.367. The van der Waals surface area contributed by atoms with E-state index in [4.69, 9.17) is 0 Å². The van der Waals surface area contributed by atoms with Gasteiger partial charge in [0, 0.05) is 62.7 Å². The molecular weight excluding hydrogens is 344 g/mol. The van der Waals surface area contributed by atoms with Crippen LogP contribution in [0.2, 0.25) is 0 Å². The molecule has 7 heteroatoms. The van der Waals surface area contributed by atoms with Crippen LogP contribution in [0.3, 0.4) is 0 Å². The highest BCUT2D eigenvalue weighted by Gasteiger charge is 2.18. The Morgan fingerprint density at radius 3 is 2.33 bits per heavy atom. The zero-order chi connectivity index (χ0) is 19.4. The largest absolute Gasteiger partial charge is 0.381 e. The maximum Gasteiger partial charge on any atom is 0.272 e. The number of benzene rings is 2. The Morgan fingerprint density at radius 2 is 1.78 bits per heavy atom. The lowest BCUT2D eigenvalue weighted by Crippen LogP contribution is -2.48. The van der Waals surface area contributed by atoms with Crippen LogP contribution in [0.25, 0.3) is 0 Å². The van der Waals surface area contributed by atoms with Gasteiger partial charge in [0.15, 0.2) is 0 Å². The van der Waals surface area contributed by atoms with Gasteiger partial charge >= 0.3 is 0 Å². The van der Waals surface area contributed by atoms with Crippen LogP contribution in [0.5, 0.6) is 0 Å². The summed E-state index contributed by atoms with van der Waals surface area (Å²) in [6, 6.07) is 13.4. The molecule has 7 nitrogen and oxygen atoms in total. The predicted octanol–water partition coefficient (Wildman–Crippen LogP) is 3.18. The van der Waals surface area contributed by atoms with Crippen molar-refractivity contribution in [3.05, 3.63) is 63.7 Å². The van der Waals surface area contributed by atoms with Crippen LogP contribution in [0.4, 0.5) is 17.1 Å². The number of amides is 1. The van der Waals surface area contributed by atoms with Gasteiger partial charge in [-0.15, -0.1) is 0 Å². The van der Waals surface area contributed by atoms with E-state index in [1.165, 1.54) is 6.07 Å².